The average molecular weight is 550 g/mol. The molecule has 35 heavy (non-hydrogen) atoms. The molecule has 0 saturated carbocycles. The fourth-order valence-electron chi connectivity index (χ4n) is 4.10. The highest BCUT2D eigenvalue weighted by molar-refractivity contribution is 7.91. The zero-order chi connectivity index (χ0) is 24.6. The van der Waals surface area contributed by atoms with Crippen LogP contribution in [0.15, 0.2) is 58.8 Å². The number of benzene rings is 2. The Morgan fingerprint density at radius 3 is 2.49 bits per heavy atom. The maximum absolute atomic E-state index is 13.2. The number of carbonyl (C=O) groups excluding carboxylic acids is 1. The number of rotatable bonds is 6. The first-order valence-corrected chi connectivity index (χ1v) is 14.0. The summed E-state index contributed by atoms with van der Waals surface area (Å²) in [5.74, 6) is -0.246. The van der Waals surface area contributed by atoms with Gasteiger partial charge in [0.2, 0.25) is 0 Å². The number of carbonyl (C=O) groups is 1. The topological polar surface area (TPSA) is 97.2 Å². The van der Waals surface area contributed by atoms with Crippen molar-refractivity contribution in [1.82, 2.24) is 24.6 Å². The van der Waals surface area contributed by atoms with E-state index in [1.807, 2.05) is 10.7 Å². The second-order valence-electron chi connectivity index (χ2n) is 8.21. The second kappa shape index (κ2) is 9.87. The quantitative estimate of drug-likeness (QED) is 0.374. The zero-order valence-electron chi connectivity index (χ0n) is 18.4. The molecule has 0 atom stereocenters. The summed E-state index contributed by atoms with van der Waals surface area (Å²) >= 11 is 13.1. The summed E-state index contributed by atoms with van der Waals surface area (Å²) in [6.07, 6.45) is 1.27. The number of sulfonamides is 1. The van der Waals surface area contributed by atoms with E-state index in [0.29, 0.717) is 41.5 Å². The van der Waals surface area contributed by atoms with Gasteiger partial charge in [-0.2, -0.15) is 4.31 Å². The number of hydrogen-bond acceptors (Lipinski definition) is 6. The third-order valence-electron chi connectivity index (χ3n) is 5.96. The summed E-state index contributed by atoms with van der Waals surface area (Å²) in [6.45, 7) is 1.03. The van der Waals surface area contributed by atoms with Gasteiger partial charge in [-0.25, -0.2) is 13.1 Å². The van der Waals surface area contributed by atoms with Crippen LogP contribution in [0.1, 0.15) is 34.1 Å². The van der Waals surface area contributed by atoms with Crippen molar-refractivity contribution in [1.29, 1.82) is 0 Å². The molecule has 4 aromatic rings. The summed E-state index contributed by atoms with van der Waals surface area (Å²) in [5, 5.41) is 12.4. The smallest absolute Gasteiger partial charge is 0.252 e. The van der Waals surface area contributed by atoms with Crippen LogP contribution >= 0.6 is 34.5 Å². The van der Waals surface area contributed by atoms with Gasteiger partial charge in [0.1, 0.15) is 9.73 Å². The maximum atomic E-state index is 13.2. The minimum absolute atomic E-state index is 0.0644. The molecule has 3 heterocycles. The fraction of sp³-hybridized carbons (Fsp3) is 0.261. The Morgan fingerprint density at radius 1 is 1.03 bits per heavy atom. The molecule has 1 saturated heterocycles. The third-order valence-corrected chi connectivity index (χ3v) is 9.90. The van der Waals surface area contributed by atoms with Crippen LogP contribution in [0.3, 0.4) is 0 Å². The van der Waals surface area contributed by atoms with Crippen molar-refractivity contribution in [2.24, 2.45) is 0 Å². The molecule has 5 rings (SSSR count). The van der Waals surface area contributed by atoms with Crippen molar-refractivity contribution >= 4 is 61.5 Å². The standard InChI is InChI=1S/C23H21Cl2N5O3S2/c24-16-3-1-15(2-4-16)23(31)26-14-19-6-8-22(34-19)35(32,33)29-11-9-18(10-12-29)30-21-7-5-17(25)13-20(21)27-28-30/h1-8,13,18H,9-12,14H2,(H,26,31). The molecule has 0 bridgehead atoms. The maximum Gasteiger partial charge on any atom is 0.252 e. The Kier molecular flexibility index (Phi) is 6.82. The van der Waals surface area contributed by atoms with E-state index in [-0.39, 0.29) is 22.7 Å². The van der Waals surface area contributed by atoms with Gasteiger partial charge in [-0.1, -0.05) is 28.4 Å². The van der Waals surface area contributed by atoms with Crippen LogP contribution in [0, 0.1) is 0 Å². The van der Waals surface area contributed by atoms with E-state index < -0.39 is 10.0 Å². The van der Waals surface area contributed by atoms with Gasteiger partial charge in [0, 0.05) is 33.6 Å². The zero-order valence-corrected chi connectivity index (χ0v) is 21.5. The second-order valence-corrected chi connectivity index (χ2v) is 12.4. The minimum Gasteiger partial charge on any atom is -0.347 e. The summed E-state index contributed by atoms with van der Waals surface area (Å²) in [6, 6.07) is 15.4. The number of aromatic nitrogens is 3. The normalized spacial score (nSPS) is 15.5. The van der Waals surface area contributed by atoms with Crippen molar-refractivity contribution in [2.45, 2.75) is 29.6 Å². The number of halogens is 2. The molecule has 1 aliphatic heterocycles. The number of fused-ring (bicyclic) bond motifs is 1. The van der Waals surface area contributed by atoms with Crippen LogP contribution in [-0.4, -0.2) is 46.7 Å². The highest BCUT2D eigenvalue weighted by Gasteiger charge is 2.32. The fourth-order valence-corrected chi connectivity index (χ4v) is 7.31. The van der Waals surface area contributed by atoms with Crippen LogP contribution in [-0.2, 0) is 16.6 Å². The molecule has 2 aromatic heterocycles. The molecule has 182 valence electrons. The number of piperidine rings is 1. The molecule has 0 spiro atoms. The number of nitrogens with zero attached hydrogens (tertiary/aromatic N) is 4. The first-order valence-electron chi connectivity index (χ1n) is 10.9. The van der Waals surface area contributed by atoms with Gasteiger partial charge in [0.05, 0.1) is 18.1 Å². The van der Waals surface area contributed by atoms with E-state index in [2.05, 4.69) is 15.6 Å². The lowest BCUT2D eigenvalue weighted by Crippen LogP contribution is -2.38. The molecule has 1 N–H and O–H groups in total. The number of amides is 1. The molecular weight excluding hydrogens is 529 g/mol. The number of hydrogen-bond donors (Lipinski definition) is 1. The van der Waals surface area contributed by atoms with Crippen LogP contribution in [0.4, 0.5) is 0 Å². The molecule has 1 amide bonds. The van der Waals surface area contributed by atoms with E-state index in [4.69, 9.17) is 23.2 Å². The molecule has 2 aromatic carbocycles. The number of nitrogens with one attached hydrogen (secondary N) is 1. The monoisotopic (exact) mass is 549 g/mol. The van der Waals surface area contributed by atoms with Gasteiger partial charge >= 0.3 is 0 Å². The lowest BCUT2D eigenvalue weighted by molar-refractivity contribution is 0.0951. The minimum atomic E-state index is -3.62. The van der Waals surface area contributed by atoms with Gasteiger partial charge in [-0.05, 0) is 67.4 Å². The van der Waals surface area contributed by atoms with E-state index in [0.717, 1.165) is 15.9 Å². The third kappa shape index (κ3) is 5.07. The molecule has 0 radical (unpaired) electrons. The first-order chi connectivity index (χ1) is 16.8. The Balaban J connectivity index is 1.21. The van der Waals surface area contributed by atoms with Crippen molar-refractivity contribution in [3.63, 3.8) is 0 Å². The molecular formula is C23H21Cl2N5O3S2. The average Bonchev–Trinajstić information content (AvgIpc) is 3.50. The molecule has 1 aliphatic rings. The molecule has 1 fully saturated rings. The Hall–Kier alpha value is -2.50. The van der Waals surface area contributed by atoms with Crippen molar-refractivity contribution in [3.8, 4) is 0 Å². The van der Waals surface area contributed by atoms with E-state index in [1.165, 1.54) is 15.6 Å². The largest absolute Gasteiger partial charge is 0.347 e. The van der Waals surface area contributed by atoms with Gasteiger partial charge in [-0.15, -0.1) is 16.4 Å². The van der Waals surface area contributed by atoms with Gasteiger partial charge in [-0.3, -0.25) is 4.79 Å². The predicted molar refractivity (Wildman–Crippen MR) is 137 cm³/mol. The van der Waals surface area contributed by atoms with Gasteiger partial charge < -0.3 is 5.32 Å². The Bertz CT molecular complexity index is 1480. The van der Waals surface area contributed by atoms with Crippen LogP contribution in [0.2, 0.25) is 10.0 Å². The molecule has 12 heteroatoms. The highest BCUT2D eigenvalue weighted by atomic mass is 35.5. The SMILES string of the molecule is O=C(NCc1ccc(S(=O)(=O)N2CCC(n3nnc4cc(Cl)ccc43)CC2)s1)c1ccc(Cl)cc1. The Labute approximate surface area is 216 Å². The Morgan fingerprint density at radius 2 is 1.74 bits per heavy atom. The molecule has 8 nitrogen and oxygen atoms in total. The van der Waals surface area contributed by atoms with Crippen molar-refractivity contribution < 1.29 is 13.2 Å². The van der Waals surface area contributed by atoms with E-state index in [1.54, 1.807) is 48.5 Å². The summed E-state index contributed by atoms with van der Waals surface area (Å²) < 4.78 is 30.1. The predicted octanol–water partition coefficient (Wildman–Crippen LogP) is 4.76. The lowest BCUT2D eigenvalue weighted by atomic mass is 10.1. The van der Waals surface area contributed by atoms with Gasteiger partial charge in [0.15, 0.2) is 0 Å². The highest BCUT2D eigenvalue weighted by Crippen LogP contribution is 2.31. The first kappa shape index (κ1) is 24.2. The number of thiophene rings is 1. The lowest BCUT2D eigenvalue weighted by Gasteiger charge is -2.30. The molecule has 0 unspecified atom stereocenters. The van der Waals surface area contributed by atoms with Crippen LogP contribution < -0.4 is 5.32 Å². The van der Waals surface area contributed by atoms with E-state index >= 15 is 0 Å². The van der Waals surface area contributed by atoms with Crippen molar-refractivity contribution in [2.75, 3.05) is 13.1 Å². The molecule has 0 aliphatic carbocycles. The van der Waals surface area contributed by atoms with Crippen molar-refractivity contribution in [3.05, 3.63) is 75.1 Å². The van der Waals surface area contributed by atoms with Gasteiger partial charge in [0.25, 0.3) is 15.9 Å². The van der Waals surface area contributed by atoms with Crippen LogP contribution in [0.5, 0.6) is 0 Å². The van der Waals surface area contributed by atoms with Crippen LogP contribution in [0.25, 0.3) is 11.0 Å². The summed E-state index contributed by atoms with van der Waals surface area (Å²) in [4.78, 5) is 13.1. The van der Waals surface area contributed by atoms with E-state index in [9.17, 15) is 13.2 Å². The summed E-state index contributed by atoms with van der Waals surface area (Å²) in [5.41, 5.74) is 2.10. The summed E-state index contributed by atoms with van der Waals surface area (Å²) in [7, 11) is -3.62.